The molecule has 0 saturated carbocycles. The third-order valence-electron chi connectivity index (χ3n) is 5.39. The number of halogens is 1. The van der Waals surface area contributed by atoms with Gasteiger partial charge >= 0.3 is 0 Å². The number of hydrogen-bond acceptors (Lipinski definition) is 3. The van der Waals surface area contributed by atoms with E-state index < -0.39 is 0 Å². The third-order valence-corrected chi connectivity index (χ3v) is 5.39. The highest BCUT2D eigenvalue weighted by atomic mass is 127. The molecule has 0 aliphatic carbocycles. The van der Waals surface area contributed by atoms with Crippen LogP contribution in [0.25, 0.3) is 0 Å². The van der Waals surface area contributed by atoms with E-state index in [-0.39, 0.29) is 30.0 Å². The monoisotopic (exact) mass is 524 g/mol. The van der Waals surface area contributed by atoms with Gasteiger partial charge in [0.15, 0.2) is 11.8 Å². The molecular weight excluding hydrogens is 487 g/mol. The summed E-state index contributed by atoms with van der Waals surface area (Å²) in [6, 6.07) is 9.09. The lowest BCUT2D eigenvalue weighted by atomic mass is 10.00. The van der Waals surface area contributed by atoms with Gasteiger partial charge < -0.3 is 15.2 Å². The summed E-state index contributed by atoms with van der Waals surface area (Å²) < 4.78 is 2.26. The van der Waals surface area contributed by atoms with Gasteiger partial charge in [-0.3, -0.25) is 0 Å². The molecule has 3 rings (SSSR count). The lowest BCUT2D eigenvalue weighted by Gasteiger charge is -2.19. The Labute approximate surface area is 198 Å². The van der Waals surface area contributed by atoms with E-state index in [9.17, 15) is 0 Å². The fourth-order valence-electron chi connectivity index (χ4n) is 3.83. The molecule has 1 aromatic carbocycles. The van der Waals surface area contributed by atoms with Crippen LogP contribution in [0.4, 0.5) is 0 Å². The molecule has 1 aliphatic heterocycles. The quantitative estimate of drug-likeness (QED) is 0.315. The zero-order valence-electron chi connectivity index (χ0n) is 18.8. The second kappa shape index (κ2) is 12.3. The average Bonchev–Trinajstić information content (AvgIpc) is 2.92. The standard InChI is InChI=1S/C23H36N6.HI/c1-5-24-23(25-16-22-28-27-21-9-7-6-8-14-29(21)22)26-18(4)20-12-10-19(11-13-20)15-17(2)3;/h10-13,17-18H,5-9,14-16H2,1-4H3,(H2,24,25,26);1H. The smallest absolute Gasteiger partial charge is 0.192 e. The minimum absolute atomic E-state index is 0. The van der Waals surface area contributed by atoms with Crippen molar-refractivity contribution < 1.29 is 0 Å². The van der Waals surface area contributed by atoms with Gasteiger partial charge in [0.1, 0.15) is 12.4 Å². The first-order valence-electron chi connectivity index (χ1n) is 11.1. The average molecular weight is 524 g/mol. The Morgan fingerprint density at radius 3 is 2.57 bits per heavy atom. The molecule has 0 spiro atoms. The molecule has 0 amide bonds. The van der Waals surface area contributed by atoms with Gasteiger partial charge in [0.2, 0.25) is 0 Å². The molecule has 2 aromatic rings. The minimum Gasteiger partial charge on any atom is -0.357 e. The van der Waals surface area contributed by atoms with Crippen LogP contribution in [0.2, 0.25) is 0 Å². The molecule has 166 valence electrons. The van der Waals surface area contributed by atoms with Crippen LogP contribution in [-0.4, -0.2) is 27.3 Å². The summed E-state index contributed by atoms with van der Waals surface area (Å²) in [5, 5.41) is 15.7. The van der Waals surface area contributed by atoms with Crippen LogP contribution in [0.15, 0.2) is 29.3 Å². The zero-order chi connectivity index (χ0) is 20.6. The lowest BCUT2D eigenvalue weighted by Crippen LogP contribution is -2.38. The molecule has 0 saturated heterocycles. The topological polar surface area (TPSA) is 67.1 Å². The Kier molecular flexibility index (Phi) is 10.1. The maximum absolute atomic E-state index is 4.79. The Hall–Kier alpha value is -1.64. The highest BCUT2D eigenvalue weighted by Crippen LogP contribution is 2.17. The van der Waals surface area contributed by atoms with Crippen LogP contribution < -0.4 is 10.6 Å². The van der Waals surface area contributed by atoms with Crippen molar-refractivity contribution in [2.75, 3.05) is 6.54 Å². The van der Waals surface area contributed by atoms with Gasteiger partial charge in [-0.05, 0) is 50.2 Å². The fourth-order valence-corrected chi connectivity index (χ4v) is 3.83. The second-order valence-electron chi connectivity index (χ2n) is 8.40. The number of aryl methyl sites for hydroxylation is 1. The molecule has 1 atom stereocenters. The molecule has 2 N–H and O–H groups in total. The van der Waals surface area contributed by atoms with Crippen molar-refractivity contribution in [1.82, 2.24) is 25.4 Å². The van der Waals surface area contributed by atoms with Gasteiger partial charge in [0.25, 0.3) is 0 Å². The minimum atomic E-state index is 0. The van der Waals surface area contributed by atoms with Crippen molar-refractivity contribution in [3.8, 4) is 0 Å². The van der Waals surface area contributed by atoms with E-state index >= 15 is 0 Å². The molecule has 30 heavy (non-hydrogen) atoms. The van der Waals surface area contributed by atoms with E-state index in [1.54, 1.807) is 0 Å². The number of fused-ring (bicyclic) bond motifs is 1. The normalized spacial score (nSPS) is 15.2. The van der Waals surface area contributed by atoms with Gasteiger partial charge in [0.05, 0.1) is 6.04 Å². The number of aromatic nitrogens is 3. The van der Waals surface area contributed by atoms with Gasteiger partial charge in [-0.2, -0.15) is 0 Å². The summed E-state index contributed by atoms with van der Waals surface area (Å²) in [6.07, 6.45) is 5.82. The SMILES string of the molecule is CCNC(=NCc1nnc2n1CCCCC2)NC(C)c1ccc(CC(C)C)cc1.I. The van der Waals surface area contributed by atoms with Crippen LogP contribution in [0, 0.1) is 5.92 Å². The Morgan fingerprint density at radius 2 is 1.87 bits per heavy atom. The van der Waals surface area contributed by atoms with Crippen LogP contribution in [-0.2, 0) is 25.9 Å². The van der Waals surface area contributed by atoms with Crippen LogP contribution in [0.3, 0.4) is 0 Å². The van der Waals surface area contributed by atoms with Crippen LogP contribution in [0.1, 0.15) is 75.8 Å². The van der Waals surface area contributed by atoms with Crippen LogP contribution in [0.5, 0.6) is 0 Å². The summed E-state index contributed by atoms with van der Waals surface area (Å²) in [7, 11) is 0. The summed E-state index contributed by atoms with van der Waals surface area (Å²) in [6.45, 7) is 11.2. The number of hydrogen-bond donors (Lipinski definition) is 2. The molecule has 0 radical (unpaired) electrons. The molecule has 6 nitrogen and oxygen atoms in total. The summed E-state index contributed by atoms with van der Waals surface area (Å²) in [5.74, 6) is 3.57. The van der Waals surface area contributed by atoms with Crippen LogP contribution >= 0.6 is 24.0 Å². The van der Waals surface area contributed by atoms with E-state index in [0.29, 0.717) is 12.5 Å². The zero-order valence-corrected chi connectivity index (χ0v) is 21.1. The van der Waals surface area contributed by atoms with E-state index in [1.165, 1.54) is 30.4 Å². The Morgan fingerprint density at radius 1 is 1.10 bits per heavy atom. The number of rotatable bonds is 7. The van der Waals surface area contributed by atoms with Gasteiger partial charge in [-0.1, -0.05) is 44.5 Å². The molecule has 0 bridgehead atoms. The number of nitrogens with one attached hydrogen (secondary N) is 2. The first kappa shape index (κ1) is 24.6. The molecule has 1 unspecified atom stereocenters. The van der Waals surface area contributed by atoms with E-state index in [0.717, 1.165) is 43.5 Å². The van der Waals surface area contributed by atoms with Gasteiger partial charge in [-0.25, -0.2) is 4.99 Å². The molecule has 1 aromatic heterocycles. The third kappa shape index (κ3) is 6.96. The number of nitrogens with zero attached hydrogens (tertiary/aromatic N) is 4. The molecule has 7 heteroatoms. The molecule has 0 fully saturated rings. The highest BCUT2D eigenvalue weighted by molar-refractivity contribution is 14.0. The molecule has 1 aliphatic rings. The maximum atomic E-state index is 4.79. The highest BCUT2D eigenvalue weighted by Gasteiger charge is 2.15. The first-order valence-corrected chi connectivity index (χ1v) is 11.1. The van der Waals surface area contributed by atoms with E-state index in [2.05, 4.69) is 77.4 Å². The van der Waals surface area contributed by atoms with Crippen molar-refractivity contribution in [3.63, 3.8) is 0 Å². The van der Waals surface area contributed by atoms with Crippen molar-refractivity contribution in [3.05, 3.63) is 47.0 Å². The largest absolute Gasteiger partial charge is 0.357 e. The summed E-state index contributed by atoms with van der Waals surface area (Å²) in [5.41, 5.74) is 2.66. The van der Waals surface area contributed by atoms with E-state index in [1.807, 2.05) is 0 Å². The Balaban J connectivity index is 0.00000320. The first-order chi connectivity index (χ1) is 14.1. The fraction of sp³-hybridized carbons (Fsp3) is 0.609. The molecular formula is C23H37IN6. The maximum Gasteiger partial charge on any atom is 0.192 e. The van der Waals surface area contributed by atoms with Crippen molar-refractivity contribution in [2.24, 2.45) is 10.9 Å². The second-order valence-corrected chi connectivity index (χ2v) is 8.40. The number of benzene rings is 1. The predicted octanol–water partition coefficient (Wildman–Crippen LogP) is 4.64. The lowest BCUT2D eigenvalue weighted by molar-refractivity contribution is 0.604. The predicted molar refractivity (Wildman–Crippen MR) is 134 cm³/mol. The summed E-state index contributed by atoms with van der Waals surface area (Å²) in [4.78, 5) is 4.79. The van der Waals surface area contributed by atoms with Crippen molar-refractivity contribution in [2.45, 2.75) is 78.9 Å². The van der Waals surface area contributed by atoms with E-state index in [4.69, 9.17) is 4.99 Å². The number of aliphatic imine (C=N–C) groups is 1. The summed E-state index contributed by atoms with van der Waals surface area (Å²) >= 11 is 0. The van der Waals surface area contributed by atoms with Gasteiger partial charge in [0, 0.05) is 19.5 Å². The Bertz CT molecular complexity index is 797. The molecule has 2 heterocycles. The van der Waals surface area contributed by atoms with Crippen molar-refractivity contribution >= 4 is 29.9 Å². The van der Waals surface area contributed by atoms with Crippen molar-refractivity contribution in [1.29, 1.82) is 0 Å². The van der Waals surface area contributed by atoms with Gasteiger partial charge in [-0.15, -0.1) is 34.2 Å². The number of guanidine groups is 1.